The molecule has 0 radical (unpaired) electrons. The highest BCUT2D eigenvalue weighted by molar-refractivity contribution is 6.04. The average molecular weight is 434 g/mol. The fourth-order valence-corrected chi connectivity index (χ4v) is 4.23. The lowest BCUT2D eigenvalue weighted by Gasteiger charge is -2.39. The van der Waals surface area contributed by atoms with Crippen LogP contribution in [0.5, 0.6) is 5.75 Å². The van der Waals surface area contributed by atoms with Crippen LogP contribution >= 0.6 is 0 Å². The Morgan fingerprint density at radius 3 is 2.12 bits per heavy atom. The van der Waals surface area contributed by atoms with E-state index in [1.54, 1.807) is 0 Å². The van der Waals surface area contributed by atoms with Crippen molar-refractivity contribution in [3.8, 4) is 5.75 Å². The SMILES string of the molecule is C=C(N)OC(CC(Oc1c(C)cc(C)cc1C1=Cc2ccccc21)C(C)(C)C)C(C)(C)C. The molecule has 2 atom stereocenters. The highest BCUT2D eigenvalue weighted by atomic mass is 16.5. The van der Waals surface area contributed by atoms with Crippen LogP contribution in [-0.4, -0.2) is 12.2 Å². The zero-order valence-electron chi connectivity index (χ0n) is 21.0. The molecule has 0 bridgehead atoms. The molecule has 2 N–H and O–H groups in total. The summed E-state index contributed by atoms with van der Waals surface area (Å²) in [5, 5.41) is 0. The Labute approximate surface area is 194 Å². The summed E-state index contributed by atoms with van der Waals surface area (Å²) in [7, 11) is 0. The van der Waals surface area contributed by atoms with Crippen molar-refractivity contribution in [3.63, 3.8) is 0 Å². The third-order valence-electron chi connectivity index (χ3n) is 6.17. The molecular weight excluding hydrogens is 394 g/mol. The first-order valence-electron chi connectivity index (χ1n) is 11.5. The van der Waals surface area contributed by atoms with Gasteiger partial charge in [-0.15, -0.1) is 0 Å². The van der Waals surface area contributed by atoms with Gasteiger partial charge in [-0.1, -0.05) is 71.9 Å². The maximum absolute atomic E-state index is 6.88. The maximum Gasteiger partial charge on any atom is 0.176 e. The summed E-state index contributed by atoms with van der Waals surface area (Å²) in [4.78, 5) is 0. The minimum Gasteiger partial charge on any atom is -0.489 e. The number of benzene rings is 2. The molecule has 0 aliphatic heterocycles. The van der Waals surface area contributed by atoms with E-state index in [2.05, 4.69) is 104 Å². The van der Waals surface area contributed by atoms with Crippen molar-refractivity contribution in [1.82, 2.24) is 0 Å². The highest BCUT2D eigenvalue weighted by Crippen LogP contribution is 2.44. The van der Waals surface area contributed by atoms with E-state index in [0.29, 0.717) is 6.42 Å². The molecule has 172 valence electrons. The van der Waals surface area contributed by atoms with Crippen LogP contribution in [0.3, 0.4) is 0 Å². The Kier molecular flexibility index (Phi) is 6.51. The predicted octanol–water partition coefficient (Wildman–Crippen LogP) is 7.25. The third-order valence-corrected chi connectivity index (χ3v) is 6.17. The van der Waals surface area contributed by atoms with Crippen molar-refractivity contribution in [1.29, 1.82) is 0 Å². The Balaban J connectivity index is 2.00. The van der Waals surface area contributed by atoms with E-state index in [-0.39, 0.29) is 28.9 Å². The fraction of sp³-hybridized carbons (Fsp3) is 0.448. The molecule has 2 unspecified atom stereocenters. The van der Waals surface area contributed by atoms with E-state index in [1.165, 1.54) is 22.3 Å². The molecule has 0 aromatic heterocycles. The first kappa shape index (κ1) is 24.0. The molecule has 32 heavy (non-hydrogen) atoms. The van der Waals surface area contributed by atoms with Crippen LogP contribution in [0.4, 0.5) is 0 Å². The van der Waals surface area contributed by atoms with Gasteiger partial charge in [0.2, 0.25) is 0 Å². The largest absolute Gasteiger partial charge is 0.489 e. The first-order valence-corrected chi connectivity index (χ1v) is 11.5. The Hall–Kier alpha value is -2.68. The van der Waals surface area contributed by atoms with E-state index in [9.17, 15) is 0 Å². The zero-order chi connectivity index (χ0) is 23.8. The monoisotopic (exact) mass is 433 g/mol. The highest BCUT2D eigenvalue weighted by Gasteiger charge is 2.36. The van der Waals surface area contributed by atoms with Crippen LogP contribution in [0.1, 0.15) is 75.8 Å². The molecule has 3 nitrogen and oxygen atoms in total. The first-order chi connectivity index (χ1) is 14.8. The molecule has 0 amide bonds. The Morgan fingerprint density at radius 2 is 1.56 bits per heavy atom. The van der Waals surface area contributed by atoms with Crippen LogP contribution in [-0.2, 0) is 4.74 Å². The number of nitrogens with two attached hydrogens (primary N) is 1. The second kappa shape index (κ2) is 8.69. The maximum atomic E-state index is 6.88. The smallest absolute Gasteiger partial charge is 0.176 e. The molecule has 2 aromatic carbocycles. The van der Waals surface area contributed by atoms with Gasteiger partial charge in [0.05, 0.1) is 0 Å². The molecule has 1 aliphatic carbocycles. The van der Waals surface area contributed by atoms with Crippen LogP contribution in [0.15, 0.2) is 48.9 Å². The molecule has 3 rings (SSSR count). The van der Waals surface area contributed by atoms with Crippen molar-refractivity contribution in [2.75, 3.05) is 0 Å². The summed E-state index contributed by atoms with van der Waals surface area (Å²) in [5.74, 6) is 1.21. The van der Waals surface area contributed by atoms with E-state index >= 15 is 0 Å². The number of ether oxygens (including phenoxy) is 2. The van der Waals surface area contributed by atoms with Gasteiger partial charge in [0.25, 0.3) is 0 Å². The summed E-state index contributed by atoms with van der Waals surface area (Å²) in [5.41, 5.74) is 13.0. The molecule has 0 fully saturated rings. The van der Waals surface area contributed by atoms with E-state index < -0.39 is 0 Å². The number of fused-ring (bicyclic) bond motifs is 1. The van der Waals surface area contributed by atoms with Crippen molar-refractivity contribution in [2.24, 2.45) is 16.6 Å². The van der Waals surface area contributed by atoms with Gasteiger partial charge in [-0.05, 0) is 71.2 Å². The number of hydrogen-bond donors (Lipinski definition) is 1. The normalized spacial score (nSPS) is 15.2. The third kappa shape index (κ3) is 5.20. The quantitative estimate of drug-likeness (QED) is 0.399. The molecule has 0 saturated carbocycles. The van der Waals surface area contributed by atoms with Gasteiger partial charge in [0.1, 0.15) is 18.0 Å². The molecule has 0 saturated heterocycles. The van der Waals surface area contributed by atoms with Crippen LogP contribution in [0.2, 0.25) is 0 Å². The van der Waals surface area contributed by atoms with Gasteiger partial charge in [0.15, 0.2) is 5.88 Å². The van der Waals surface area contributed by atoms with Crippen molar-refractivity contribution >= 4 is 11.6 Å². The summed E-state index contributed by atoms with van der Waals surface area (Å²) in [6.45, 7) is 21.2. The summed E-state index contributed by atoms with van der Waals surface area (Å²) < 4.78 is 12.9. The van der Waals surface area contributed by atoms with Gasteiger partial charge in [-0.3, -0.25) is 0 Å². The zero-order valence-corrected chi connectivity index (χ0v) is 21.0. The molecule has 0 heterocycles. The minimum atomic E-state index is -0.109. The molecular formula is C29H39NO2. The Morgan fingerprint density at radius 1 is 0.938 bits per heavy atom. The number of rotatable bonds is 7. The van der Waals surface area contributed by atoms with E-state index in [1.807, 2.05) is 0 Å². The van der Waals surface area contributed by atoms with Gasteiger partial charge in [-0.2, -0.15) is 0 Å². The molecule has 0 spiro atoms. The standard InChI is InChI=1S/C29H39NO2/c1-18-14-19(2)27(24(15-18)23-16-21-12-10-11-13-22(21)23)32-26(29(7,8)9)17-25(28(4,5)6)31-20(3)30/h10-16,25-26H,3,17,30H2,1-2,4-9H3. The second-order valence-corrected chi connectivity index (χ2v) is 11.3. The predicted molar refractivity (Wildman–Crippen MR) is 135 cm³/mol. The van der Waals surface area contributed by atoms with E-state index in [4.69, 9.17) is 15.2 Å². The minimum absolute atomic E-state index is 0.0675. The van der Waals surface area contributed by atoms with Crippen molar-refractivity contribution < 1.29 is 9.47 Å². The topological polar surface area (TPSA) is 44.5 Å². The summed E-state index contributed by atoms with van der Waals surface area (Å²) in [6, 6.07) is 13.0. The van der Waals surface area contributed by atoms with E-state index in [0.717, 1.165) is 16.9 Å². The lowest BCUT2D eigenvalue weighted by molar-refractivity contribution is -0.0312. The Bertz CT molecular complexity index is 1030. The number of hydrogen-bond acceptors (Lipinski definition) is 3. The van der Waals surface area contributed by atoms with Crippen LogP contribution in [0.25, 0.3) is 11.6 Å². The van der Waals surface area contributed by atoms with Gasteiger partial charge in [0, 0.05) is 12.0 Å². The molecule has 1 aliphatic rings. The van der Waals surface area contributed by atoms with Gasteiger partial charge >= 0.3 is 0 Å². The average Bonchev–Trinajstić information content (AvgIpc) is 2.61. The second-order valence-electron chi connectivity index (χ2n) is 11.3. The van der Waals surface area contributed by atoms with Gasteiger partial charge < -0.3 is 15.2 Å². The number of aryl methyl sites for hydroxylation is 2. The van der Waals surface area contributed by atoms with Crippen LogP contribution in [0, 0.1) is 24.7 Å². The van der Waals surface area contributed by atoms with Crippen LogP contribution < -0.4 is 10.5 Å². The lowest BCUT2D eigenvalue weighted by Crippen LogP contribution is -2.41. The van der Waals surface area contributed by atoms with Crippen molar-refractivity contribution in [3.05, 3.63) is 76.7 Å². The fourth-order valence-electron chi connectivity index (χ4n) is 4.23. The summed E-state index contributed by atoms with van der Waals surface area (Å²) in [6.07, 6.45) is 2.79. The summed E-state index contributed by atoms with van der Waals surface area (Å²) >= 11 is 0. The van der Waals surface area contributed by atoms with Crippen molar-refractivity contribution in [2.45, 2.75) is 74.0 Å². The molecule has 3 heteroatoms. The lowest BCUT2D eigenvalue weighted by atomic mass is 9.79. The van der Waals surface area contributed by atoms with Gasteiger partial charge in [-0.25, -0.2) is 0 Å². The molecule has 2 aromatic rings.